The van der Waals surface area contributed by atoms with Gasteiger partial charge in [-0.05, 0) is 0 Å². The maximum atomic E-state index is 12.1. The van der Waals surface area contributed by atoms with Crippen molar-refractivity contribution in [3.8, 4) is 0 Å². The van der Waals surface area contributed by atoms with Crippen LogP contribution in [0.3, 0.4) is 0 Å². The quantitative estimate of drug-likeness (QED) is 0.652. The molecule has 0 amide bonds. The molecule has 0 bridgehead atoms. The summed E-state index contributed by atoms with van der Waals surface area (Å²) < 4.78 is 7.24. The molecule has 24 heavy (non-hydrogen) atoms. The molecule has 1 aromatic rings. The number of rotatable bonds is 4. The van der Waals surface area contributed by atoms with Crippen molar-refractivity contribution in [1.29, 1.82) is 0 Å². The van der Waals surface area contributed by atoms with Crippen molar-refractivity contribution in [1.82, 2.24) is 14.5 Å². The fourth-order valence-corrected chi connectivity index (χ4v) is 6.25. The topological polar surface area (TPSA) is 123 Å². The highest BCUT2D eigenvalue weighted by Crippen LogP contribution is 2.44. The average Bonchev–Trinajstić information content (AvgIpc) is 2.75. The lowest BCUT2D eigenvalue weighted by Gasteiger charge is -2.43. The summed E-state index contributed by atoms with van der Waals surface area (Å²) >= 11 is 0. The van der Waals surface area contributed by atoms with Gasteiger partial charge in [0.05, 0.1) is 27.1 Å². The second kappa shape index (κ2) is 6.02. The molecule has 1 saturated heterocycles. The van der Waals surface area contributed by atoms with Gasteiger partial charge in [-0.3, -0.25) is 4.57 Å². The lowest BCUT2D eigenvalue weighted by Crippen LogP contribution is -2.64. The summed E-state index contributed by atoms with van der Waals surface area (Å²) in [6.07, 6.45) is 0.0573. The molecule has 0 saturated carbocycles. The molecule has 4 atom stereocenters. The number of nitrogens with two attached hydrogens (primary N) is 1. The predicted molar refractivity (Wildman–Crippen MR) is 96.9 cm³/mol. The van der Waals surface area contributed by atoms with Crippen molar-refractivity contribution < 1.29 is 14.9 Å². The molecule has 8 nitrogen and oxygen atoms in total. The highest BCUT2D eigenvalue weighted by molar-refractivity contribution is 6.80. The number of aromatic nitrogens is 3. The Labute approximate surface area is 143 Å². The first-order chi connectivity index (χ1) is 10.8. The molecule has 2 rings (SSSR count). The Hall–Kier alpha value is -1.08. The van der Waals surface area contributed by atoms with E-state index in [1.54, 1.807) is 0 Å². The number of ether oxygens (including phenoxy) is 1. The number of hydrogen-bond acceptors (Lipinski definition) is 7. The minimum atomic E-state index is -2.14. The molecule has 1 aliphatic rings. The summed E-state index contributed by atoms with van der Waals surface area (Å²) in [5.74, 6) is -0.103. The number of nitrogens with zero attached hydrogens (tertiary/aromatic N) is 3. The Morgan fingerprint density at radius 1 is 1.38 bits per heavy atom. The van der Waals surface area contributed by atoms with E-state index in [9.17, 15) is 15.0 Å². The van der Waals surface area contributed by atoms with Crippen LogP contribution in [0.5, 0.6) is 0 Å². The molecule has 4 N–H and O–H groups in total. The van der Waals surface area contributed by atoms with Gasteiger partial charge in [0.15, 0.2) is 0 Å². The Kier molecular flexibility index (Phi) is 4.83. The first kappa shape index (κ1) is 19.3. The molecule has 10 heteroatoms. The van der Waals surface area contributed by atoms with Crippen LogP contribution in [0, 0.1) is 0 Å². The largest absolute Gasteiger partial charge is 0.394 e. The fourth-order valence-electron chi connectivity index (χ4n) is 2.95. The second-order valence-electron chi connectivity index (χ2n) is 8.60. The summed E-state index contributed by atoms with van der Waals surface area (Å²) in [4.78, 5) is 19.5. The van der Waals surface area contributed by atoms with Gasteiger partial charge < -0.3 is 20.7 Å². The van der Waals surface area contributed by atoms with Gasteiger partial charge >= 0.3 is 5.69 Å². The van der Waals surface area contributed by atoms with Crippen LogP contribution in [-0.2, 0) is 4.74 Å². The minimum Gasteiger partial charge on any atom is -0.394 e. The van der Waals surface area contributed by atoms with Gasteiger partial charge in [0.25, 0.3) is 0 Å². The van der Waals surface area contributed by atoms with Crippen LogP contribution in [-0.4, -0.2) is 58.0 Å². The fraction of sp³-hybridized carbons (Fsp3) is 0.786. The van der Waals surface area contributed by atoms with Gasteiger partial charge in [-0.2, -0.15) is 4.98 Å². The lowest BCUT2D eigenvalue weighted by molar-refractivity contribution is -0.0746. The number of anilines is 1. The van der Waals surface area contributed by atoms with Crippen LogP contribution >= 0.6 is 0 Å². The number of hydrogen-bond donors (Lipinski definition) is 3. The zero-order valence-electron chi connectivity index (χ0n) is 15.1. The third kappa shape index (κ3) is 3.33. The van der Waals surface area contributed by atoms with Crippen LogP contribution in [0.15, 0.2) is 11.1 Å². The molecular formula is C14H28N4O4Si2. The average molecular weight is 373 g/mol. The van der Waals surface area contributed by atoms with Crippen molar-refractivity contribution >= 4 is 22.1 Å². The van der Waals surface area contributed by atoms with Crippen LogP contribution in [0.2, 0.25) is 39.3 Å². The number of aliphatic hydroxyl groups is 2. The van der Waals surface area contributed by atoms with Crippen molar-refractivity contribution in [3.05, 3.63) is 16.8 Å². The van der Waals surface area contributed by atoms with Crippen molar-refractivity contribution in [3.63, 3.8) is 0 Å². The minimum absolute atomic E-state index is 0.103. The monoisotopic (exact) mass is 372 g/mol. The lowest BCUT2D eigenvalue weighted by atomic mass is 10.1. The van der Waals surface area contributed by atoms with Crippen LogP contribution in [0.1, 0.15) is 12.6 Å². The summed E-state index contributed by atoms with van der Waals surface area (Å²) in [5.41, 5.74) is 4.11. The molecule has 1 aliphatic heterocycles. The zero-order chi connectivity index (χ0) is 18.5. The first-order valence-electron chi connectivity index (χ1n) is 8.04. The standard InChI is InChI=1S/C14H28N4O4Si2/c1-23(2,3)11(19)10-14(21,24(4,5)6)7-9(22-10)18-8-16-12(15)17-13(18)20/h8-11,19,21H,7H2,1-6H3,(H2,15,17,20)/t9-,10-,11?,14-/m1/s1. The second-order valence-corrected chi connectivity index (χ2v) is 19.3. The third-order valence-electron chi connectivity index (χ3n) is 4.79. The number of nitrogen functional groups attached to an aromatic ring is 1. The van der Waals surface area contributed by atoms with Crippen LogP contribution < -0.4 is 11.4 Å². The summed E-state index contributed by atoms with van der Waals surface area (Å²) in [5, 5.41) is 21.1. The van der Waals surface area contributed by atoms with Crippen LogP contribution in [0.4, 0.5) is 5.95 Å². The molecule has 1 unspecified atom stereocenters. The molecular weight excluding hydrogens is 344 g/mol. The highest BCUT2D eigenvalue weighted by Gasteiger charge is 2.59. The van der Waals surface area contributed by atoms with Gasteiger partial charge in [-0.15, -0.1) is 0 Å². The van der Waals surface area contributed by atoms with E-state index in [2.05, 4.69) is 9.97 Å². The van der Waals surface area contributed by atoms with Crippen molar-refractivity contribution in [2.45, 2.75) is 69.0 Å². The molecule has 1 fully saturated rings. The Morgan fingerprint density at radius 3 is 2.42 bits per heavy atom. The van der Waals surface area contributed by atoms with Gasteiger partial charge in [0.2, 0.25) is 5.95 Å². The molecule has 0 radical (unpaired) electrons. The van der Waals surface area contributed by atoms with E-state index in [0.717, 1.165) is 0 Å². The molecule has 0 aliphatic carbocycles. The maximum absolute atomic E-state index is 12.1. The SMILES string of the molecule is C[Si](C)(C)C(O)[C@H]1O[C@@H](n2cnc(N)nc2=O)C[C@@]1(O)[Si](C)(C)C. The van der Waals surface area contributed by atoms with E-state index in [1.165, 1.54) is 10.9 Å². The summed E-state index contributed by atoms with van der Waals surface area (Å²) in [6, 6.07) is 0. The molecule has 136 valence electrons. The molecule has 0 spiro atoms. The van der Waals surface area contributed by atoms with E-state index < -0.39 is 45.1 Å². The third-order valence-corrected chi connectivity index (χ3v) is 9.95. The first-order valence-corrected chi connectivity index (χ1v) is 15.1. The van der Waals surface area contributed by atoms with E-state index in [0.29, 0.717) is 0 Å². The van der Waals surface area contributed by atoms with E-state index in [1.807, 2.05) is 39.3 Å². The normalized spacial score (nSPS) is 29.7. The Morgan fingerprint density at radius 2 is 1.96 bits per heavy atom. The van der Waals surface area contributed by atoms with Crippen LogP contribution in [0.25, 0.3) is 0 Å². The smallest absolute Gasteiger partial charge is 0.354 e. The Balaban J connectivity index is 2.46. The van der Waals surface area contributed by atoms with E-state index in [4.69, 9.17) is 10.5 Å². The van der Waals surface area contributed by atoms with E-state index >= 15 is 0 Å². The summed E-state index contributed by atoms with van der Waals surface area (Å²) in [6.45, 7) is 12.2. The maximum Gasteiger partial charge on any atom is 0.354 e. The molecule has 2 heterocycles. The van der Waals surface area contributed by atoms with Crippen molar-refractivity contribution in [2.75, 3.05) is 5.73 Å². The predicted octanol–water partition coefficient (Wildman–Crippen LogP) is 0.355. The van der Waals surface area contributed by atoms with Gasteiger partial charge in [0, 0.05) is 6.42 Å². The molecule has 0 aromatic carbocycles. The zero-order valence-corrected chi connectivity index (χ0v) is 17.1. The van der Waals surface area contributed by atoms with Gasteiger partial charge in [-0.1, -0.05) is 39.3 Å². The van der Waals surface area contributed by atoms with E-state index in [-0.39, 0.29) is 12.4 Å². The number of aliphatic hydroxyl groups excluding tert-OH is 1. The molecule has 1 aromatic heterocycles. The summed E-state index contributed by atoms with van der Waals surface area (Å²) in [7, 11) is -4.14. The van der Waals surface area contributed by atoms with Crippen molar-refractivity contribution in [2.24, 2.45) is 0 Å². The van der Waals surface area contributed by atoms with Gasteiger partial charge in [-0.25, -0.2) is 9.78 Å². The van der Waals surface area contributed by atoms with Gasteiger partial charge in [0.1, 0.15) is 18.7 Å². The Bertz CT molecular complexity index is 670. The highest BCUT2D eigenvalue weighted by atomic mass is 28.3.